The summed E-state index contributed by atoms with van der Waals surface area (Å²) in [4.78, 5) is 4.55. The van der Waals surface area contributed by atoms with E-state index in [0.717, 1.165) is 5.69 Å². The molecule has 1 heterocycles. The minimum absolute atomic E-state index is 0.225. The molecule has 3 heteroatoms. The number of aryl methyl sites for hydroxylation is 2. The molecule has 0 spiro atoms. The quantitative estimate of drug-likeness (QED) is 0.606. The third-order valence-electron chi connectivity index (χ3n) is 3.60. The lowest BCUT2D eigenvalue weighted by atomic mass is 9.93. The maximum absolute atomic E-state index is 5.70. The topological polar surface area (TPSA) is 50.9 Å². The fourth-order valence-corrected chi connectivity index (χ4v) is 2.78. The van der Waals surface area contributed by atoms with Gasteiger partial charge in [-0.2, -0.15) is 0 Å². The summed E-state index contributed by atoms with van der Waals surface area (Å²) < 4.78 is 0. The van der Waals surface area contributed by atoms with Gasteiger partial charge in [-0.05, 0) is 43.7 Å². The SMILES string of the molecule is Cc1cnc(C(NN)C2CCCC2)c(C)c1. The normalized spacial score (nSPS) is 18.9. The molecule has 1 aliphatic carbocycles. The van der Waals surface area contributed by atoms with Gasteiger partial charge in [0.15, 0.2) is 0 Å². The standard InChI is InChI=1S/C13H21N3/c1-9-7-10(2)12(15-8-9)13(16-14)11-5-3-4-6-11/h7-8,11,13,16H,3-6,14H2,1-2H3. The van der Waals surface area contributed by atoms with Gasteiger partial charge in [0.1, 0.15) is 0 Å². The Bertz CT molecular complexity index is 356. The van der Waals surface area contributed by atoms with Crippen LogP contribution in [0, 0.1) is 19.8 Å². The average molecular weight is 219 g/mol. The summed E-state index contributed by atoms with van der Waals surface area (Å²) in [6.45, 7) is 4.19. The lowest BCUT2D eigenvalue weighted by molar-refractivity contribution is 0.365. The van der Waals surface area contributed by atoms with Gasteiger partial charge in [0, 0.05) is 6.20 Å². The lowest BCUT2D eigenvalue weighted by Gasteiger charge is -2.23. The Balaban J connectivity index is 2.25. The first-order chi connectivity index (χ1) is 7.72. The molecule has 1 aromatic heterocycles. The zero-order valence-corrected chi connectivity index (χ0v) is 10.2. The Morgan fingerprint density at radius 1 is 1.38 bits per heavy atom. The van der Waals surface area contributed by atoms with Crippen LogP contribution in [0.3, 0.4) is 0 Å². The summed E-state index contributed by atoms with van der Waals surface area (Å²) in [5, 5.41) is 0. The third kappa shape index (κ3) is 2.25. The minimum atomic E-state index is 0.225. The highest BCUT2D eigenvalue weighted by molar-refractivity contribution is 5.26. The van der Waals surface area contributed by atoms with Gasteiger partial charge in [0.2, 0.25) is 0 Å². The van der Waals surface area contributed by atoms with Crippen LogP contribution in [0.2, 0.25) is 0 Å². The van der Waals surface area contributed by atoms with Gasteiger partial charge in [-0.25, -0.2) is 0 Å². The zero-order chi connectivity index (χ0) is 11.5. The number of nitrogens with two attached hydrogens (primary N) is 1. The highest BCUT2D eigenvalue weighted by Crippen LogP contribution is 2.35. The van der Waals surface area contributed by atoms with Crippen molar-refractivity contribution < 1.29 is 0 Å². The zero-order valence-electron chi connectivity index (χ0n) is 10.2. The van der Waals surface area contributed by atoms with E-state index in [1.54, 1.807) is 0 Å². The molecule has 16 heavy (non-hydrogen) atoms. The Morgan fingerprint density at radius 2 is 2.06 bits per heavy atom. The molecule has 88 valence electrons. The summed E-state index contributed by atoms with van der Waals surface area (Å²) in [5.41, 5.74) is 6.54. The second kappa shape index (κ2) is 4.93. The van der Waals surface area contributed by atoms with Crippen LogP contribution in [0.25, 0.3) is 0 Å². The van der Waals surface area contributed by atoms with E-state index < -0.39 is 0 Å². The van der Waals surface area contributed by atoms with Crippen molar-refractivity contribution in [3.05, 3.63) is 29.1 Å². The molecular formula is C13H21N3. The summed E-state index contributed by atoms with van der Waals surface area (Å²) in [6.07, 6.45) is 7.12. The second-order valence-electron chi connectivity index (χ2n) is 4.90. The first kappa shape index (κ1) is 11.6. The Hall–Kier alpha value is -0.930. The molecule has 1 aliphatic rings. The molecule has 1 fully saturated rings. The largest absolute Gasteiger partial charge is 0.271 e. The lowest BCUT2D eigenvalue weighted by Crippen LogP contribution is -2.33. The number of hydrogen-bond donors (Lipinski definition) is 2. The van der Waals surface area contributed by atoms with E-state index in [4.69, 9.17) is 5.84 Å². The van der Waals surface area contributed by atoms with E-state index >= 15 is 0 Å². The second-order valence-corrected chi connectivity index (χ2v) is 4.90. The van der Waals surface area contributed by atoms with Crippen LogP contribution >= 0.6 is 0 Å². The van der Waals surface area contributed by atoms with Gasteiger partial charge in [-0.3, -0.25) is 16.3 Å². The first-order valence-electron chi connectivity index (χ1n) is 6.11. The minimum Gasteiger partial charge on any atom is -0.271 e. The Labute approximate surface area is 97.4 Å². The van der Waals surface area contributed by atoms with Crippen molar-refractivity contribution in [1.29, 1.82) is 0 Å². The van der Waals surface area contributed by atoms with Crippen molar-refractivity contribution in [2.45, 2.75) is 45.6 Å². The highest BCUT2D eigenvalue weighted by atomic mass is 15.2. The van der Waals surface area contributed by atoms with Gasteiger partial charge in [-0.15, -0.1) is 0 Å². The number of aromatic nitrogens is 1. The number of pyridine rings is 1. The van der Waals surface area contributed by atoms with E-state index in [9.17, 15) is 0 Å². The fraction of sp³-hybridized carbons (Fsp3) is 0.615. The van der Waals surface area contributed by atoms with Crippen LogP contribution in [0.15, 0.2) is 12.3 Å². The summed E-state index contributed by atoms with van der Waals surface area (Å²) in [6, 6.07) is 2.41. The smallest absolute Gasteiger partial charge is 0.0662 e. The van der Waals surface area contributed by atoms with Crippen molar-refractivity contribution in [1.82, 2.24) is 10.4 Å². The molecular weight excluding hydrogens is 198 g/mol. The molecule has 1 atom stereocenters. The molecule has 0 bridgehead atoms. The number of rotatable bonds is 3. The van der Waals surface area contributed by atoms with Crippen molar-refractivity contribution in [3.63, 3.8) is 0 Å². The van der Waals surface area contributed by atoms with Crippen LogP contribution in [-0.4, -0.2) is 4.98 Å². The molecule has 1 unspecified atom stereocenters. The van der Waals surface area contributed by atoms with E-state index in [2.05, 4.69) is 30.3 Å². The first-order valence-corrected chi connectivity index (χ1v) is 6.11. The van der Waals surface area contributed by atoms with Gasteiger partial charge in [0.05, 0.1) is 11.7 Å². The molecule has 0 aliphatic heterocycles. The maximum Gasteiger partial charge on any atom is 0.0662 e. The van der Waals surface area contributed by atoms with Gasteiger partial charge >= 0.3 is 0 Å². The van der Waals surface area contributed by atoms with Crippen LogP contribution in [0.5, 0.6) is 0 Å². The molecule has 3 N–H and O–H groups in total. The highest BCUT2D eigenvalue weighted by Gasteiger charge is 2.27. The van der Waals surface area contributed by atoms with E-state index in [1.165, 1.54) is 36.8 Å². The molecule has 2 rings (SSSR count). The molecule has 1 saturated carbocycles. The van der Waals surface area contributed by atoms with Crippen LogP contribution in [0.1, 0.15) is 48.5 Å². The summed E-state index contributed by atoms with van der Waals surface area (Å²) >= 11 is 0. The van der Waals surface area contributed by atoms with Crippen molar-refractivity contribution in [3.8, 4) is 0 Å². The Kier molecular flexibility index (Phi) is 3.56. The fourth-order valence-electron chi connectivity index (χ4n) is 2.78. The number of nitrogens with zero attached hydrogens (tertiary/aromatic N) is 1. The third-order valence-corrected chi connectivity index (χ3v) is 3.60. The summed E-state index contributed by atoms with van der Waals surface area (Å²) in [7, 11) is 0. The summed E-state index contributed by atoms with van der Waals surface area (Å²) in [5.74, 6) is 6.35. The van der Waals surface area contributed by atoms with Crippen LogP contribution < -0.4 is 11.3 Å². The molecule has 1 aromatic rings. The monoisotopic (exact) mass is 219 g/mol. The van der Waals surface area contributed by atoms with Crippen molar-refractivity contribution in [2.24, 2.45) is 11.8 Å². The van der Waals surface area contributed by atoms with Crippen LogP contribution in [0.4, 0.5) is 0 Å². The molecule has 0 amide bonds. The predicted octanol–water partition coefficient (Wildman–Crippen LogP) is 2.39. The van der Waals surface area contributed by atoms with E-state index in [0.29, 0.717) is 5.92 Å². The van der Waals surface area contributed by atoms with Gasteiger partial charge < -0.3 is 0 Å². The van der Waals surface area contributed by atoms with Crippen molar-refractivity contribution >= 4 is 0 Å². The number of hydrazine groups is 1. The van der Waals surface area contributed by atoms with Crippen molar-refractivity contribution in [2.75, 3.05) is 0 Å². The maximum atomic E-state index is 5.70. The van der Waals surface area contributed by atoms with Crippen LogP contribution in [-0.2, 0) is 0 Å². The predicted molar refractivity (Wildman–Crippen MR) is 65.7 cm³/mol. The average Bonchev–Trinajstić information content (AvgIpc) is 2.75. The number of nitrogens with one attached hydrogen (secondary N) is 1. The van der Waals surface area contributed by atoms with E-state index in [-0.39, 0.29) is 6.04 Å². The molecule has 0 aromatic carbocycles. The number of hydrogen-bond acceptors (Lipinski definition) is 3. The van der Waals surface area contributed by atoms with Gasteiger partial charge in [0.25, 0.3) is 0 Å². The molecule has 0 radical (unpaired) electrons. The Morgan fingerprint density at radius 3 is 2.62 bits per heavy atom. The molecule has 0 saturated heterocycles. The molecule has 3 nitrogen and oxygen atoms in total. The van der Waals surface area contributed by atoms with E-state index in [1.807, 2.05) is 6.20 Å². The van der Waals surface area contributed by atoms with Gasteiger partial charge in [-0.1, -0.05) is 18.9 Å².